The summed E-state index contributed by atoms with van der Waals surface area (Å²) in [6.07, 6.45) is 2.73. The van der Waals surface area contributed by atoms with Gasteiger partial charge < -0.3 is 18.9 Å². The number of likely N-dealkylation sites (tertiary alicyclic amines) is 1. The van der Waals surface area contributed by atoms with Gasteiger partial charge in [0.1, 0.15) is 22.7 Å². The van der Waals surface area contributed by atoms with Gasteiger partial charge in [-0.15, -0.1) is 4.72 Å². The highest BCUT2D eigenvalue weighted by molar-refractivity contribution is 7.90. The topological polar surface area (TPSA) is 73.9 Å². The highest BCUT2D eigenvalue weighted by atomic mass is 35.5. The summed E-state index contributed by atoms with van der Waals surface area (Å²) in [5.74, 6) is 0.642. The maximum absolute atomic E-state index is 13.2. The van der Waals surface area contributed by atoms with Gasteiger partial charge in [-0.2, -0.15) is 0 Å². The average Bonchev–Trinajstić information content (AvgIpc) is 2.70. The number of rotatable bonds is 7. The first-order valence-electron chi connectivity index (χ1n) is 11.5. The molecule has 1 aromatic rings. The van der Waals surface area contributed by atoms with Crippen LogP contribution < -0.4 is 9.46 Å². The highest BCUT2D eigenvalue weighted by Crippen LogP contribution is 2.42. The average molecular weight is 534 g/mol. The number of halogens is 2. The second kappa shape index (κ2) is 11.7. The number of carbonyl (C=O) groups excluding carboxylic acids is 1. The fourth-order valence-corrected chi connectivity index (χ4v) is 5.10. The summed E-state index contributed by atoms with van der Waals surface area (Å²) < 4.78 is 27.6. The van der Waals surface area contributed by atoms with Crippen molar-refractivity contribution < 1.29 is 18.8 Å². The quantitative estimate of drug-likeness (QED) is 0.312. The number of nitrogens with one attached hydrogen (secondary N) is 1. The van der Waals surface area contributed by atoms with Crippen LogP contribution >= 0.6 is 23.2 Å². The summed E-state index contributed by atoms with van der Waals surface area (Å²) in [5.41, 5.74) is 0.232. The minimum atomic E-state index is -1.34. The molecular formula is C25H38Cl2N2O4S. The van der Waals surface area contributed by atoms with Crippen molar-refractivity contribution in [2.24, 2.45) is 5.92 Å². The lowest BCUT2D eigenvalue weighted by atomic mass is 9.83. The van der Waals surface area contributed by atoms with Crippen LogP contribution in [0.25, 0.3) is 0 Å². The fourth-order valence-electron chi connectivity index (χ4n) is 3.87. The molecule has 4 atom stereocenters. The first-order valence-corrected chi connectivity index (χ1v) is 13.4. The predicted octanol–water partition coefficient (Wildman–Crippen LogP) is 6.69. The van der Waals surface area contributed by atoms with Gasteiger partial charge >= 0.3 is 6.09 Å². The Labute approximate surface area is 217 Å². The maximum atomic E-state index is 13.2. The third-order valence-corrected chi connectivity index (χ3v) is 7.85. The molecule has 2 rings (SSSR count). The Morgan fingerprint density at radius 3 is 2.44 bits per heavy atom. The van der Waals surface area contributed by atoms with Crippen molar-refractivity contribution in [2.75, 3.05) is 13.2 Å². The lowest BCUT2D eigenvalue weighted by Gasteiger charge is -2.41. The number of hydrogen-bond donors (Lipinski definition) is 1. The zero-order chi connectivity index (χ0) is 25.8. The number of ether oxygens (including phenoxy) is 2. The first kappa shape index (κ1) is 29.1. The molecule has 0 radical (unpaired) electrons. The Morgan fingerprint density at radius 1 is 1.29 bits per heavy atom. The van der Waals surface area contributed by atoms with Crippen LogP contribution in [-0.4, -0.2) is 45.1 Å². The van der Waals surface area contributed by atoms with Crippen LogP contribution in [0.1, 0.15) is 72.9 Å². The molecule has 0 aliphatic carbocycles. The van der Waals surface area contributed by atoms with Gasteiger partial charge in [0, 0.05) is 35.6 Å². The van der Waals surface area contributed by atoms with E-state index in [1.165, 1.54) is 0 Å². The molecule has 1 N–H and O–H groups in total. The molecule has 192 valence electrons. The van der Waals surface area contributed by atoms with Gasteiger partial charge in [0.15, 0.2) is 0 Å². The molecule has 1 heterocycles. The van der Waals surface area contributed by atoms with Gasteiger partial charge in [-0.05, 0) is 73.3 Å². The number of nitrogens with zero attached hydrogens (tertiary/aromatic N) is 1. The molecule has 34 heavy (non-hydrogen) atoms. The van der Waals surface area contributed by atoms with E-state index >= 15 is 0 Å². The van der Waals surface area contributed by atoms with E-state index in [1.807, 2.05) is 48.5 Å². The largest absolute Gasteiger partial charge is 0.598 e. The van der Waals surface area contributed by atoms with Crippen molar-refractivity contribution in [2.45, 2.75) is 83.7 Å². The van der Waals surface area contributed by atoms with E-state index in [1.54, 1.807) is 23.1 Å². The molecule has 0 bridgehead atoms. The summed E-state index contributed by atoms with van der Waals surface area (Å²) in [6, 6.07) is 3.10. The van der Waals surface area contributed by atoms with Gasteiger partial charge in [0.25, 0.3) is 0 Å². The third-order valence-electron chi connectivity index (χ3n) is 5.55. The van der Waals surface area contributed by atoms with Crippen LogP contribution in [0.5, 0.6) is 5.75 Å². The predicted molar refractivity (Wildman–Crippen MR) is 141 cm³/mol. The van der Waals surface area contributed by atoms with Crippen LogP contribution in [-0.2, 0) is 16.1 Å². The first-order chi connectivity index (χ1) is 15.6. The fraction of sp³-hybridized carbons (Fsp3) is 0.640. The van der Waals surface area contributed by atoms with Crippen molar-refractivity contribution in [1.29, 1.82) is 0 Å². The summed E-state index contributed by atoms with van der Waals surface area (Å²) >= 11 is 11.3. The SMILES string of the molecule is C=CCOc1cc(Cl)c(Cl)cc1C(N[S@@+]([O-])C(C)(C)C)C1CCN(C(=O)OC(C)(C)C)C(C)C1. The molecule has 6 nitrogen and oxygen atoms in total. The Morgan fingerprint density at radius 2 is 1.91 bits per heavy atom. The van der Waals surface area contributed by atoms with Gasteiger partial charge in [-0.1, -0.05) is 35.9 Å². The van der Waals surface area contributed by atoms with Gasteiger partial charge in [0.05, 0.1) is 16.1 Å². The summed E-state index contributed by atoms with van der Waals surface area (Å²) in [5, 5.41) is 0.781. The van der Waals surface area contributed by atoms with E-state index in [9.17, 15) is 9.35 Å². The van der Waals surface area contributed by atoms with E-state index in [0.29, 0.717) is 41.8 Å². The van der Waals surface area contributed by atoms with Crippen LogP contribution in [0.2, 0.25) is 10.0 Å². The maximum Gasteiger partial charge on any atom is 0.410 e. The van der Waals surface area contributed by atoms with Gasteiger partial charge in [-0.3, -0.25) is 0 Å². The van der Waals surface area contributed by atoms with Crippen LogP contribution in [0.3, 0.4) is 0 Å². The summed E-state index contributed by atoms with van der Waals surface area (Å²) in [7, 11) is 0. The van der Waals surface area contributed by atoms with Crippen LogP contribution in [0.4, 0.5) is 4.79 Å². The minimum absolute atomic E-state index is 0.0544. The van der Waals surface area contributed by atoms with Gasteiger partial charge in [0.2, 0.25) is 0 Å². The van der Waals surface area contributed by atoms with Gasteiger partial charge in [-0.25, -0.2) is 4.79 Å². The number of amides is 1. The second-order valence-corrected chi connectivity index (χ2v) is 13.5. The Bertz CT molecular complexity index is 870. The molecule has 1 saturated heterocycles. The molecule has 1 aliphatic heterocycles. The third kappa shape index (κ3) is 7.95. The van der Waals surface area contributed by atoms with Crippen molar-refractivity contribution >= 4 is 40.7 Å². The van der Waals surface area contributed by atoms with Crippen LogP contribution in [0, 0.1) is 5.92 Å². The molecule has 0 spiro atoms. The van der Waals surface area contributed by atoms with E-state index in [2.05, 4.69) is 11.3 Å². The minimum Gasteiger partial charge on any atom is -0.598 e. The molecular weight excluding hydrogens is 495 g/mol. The van der Waals surface area contributed by atoms with Crippen molar-refractivity contribution in [3.8, 4) is 5.75 Å². The summed E-state index contributed by atoms with van der Waals surface area (Å²) in [4.78, 5) is 14.5. The monoisotopic (exact) mass is 532 g/mol. The summed E-state index contributed by atoms with van der Waals surface area (Å²) in [6.45, 7) is 17.9. The number of benzene rings is 1. The van der Waals surface area contributed by atoms with E-state index in [0.717, 1.165) is 5.56 Å². The van der Waals surface area contributed by atoms with E-state index < -0.39 is 21.7 Å². The van der Waals surface area contributed by atoms with E-state index in [4.69, 9.17) is 32.7 Å². The Kier molecular flexibility index (Phi) is 10.1. The molecule has 1 fully saturated rings. The zero-order valence-electron chi connectivity index (χ0n) is 21.2. The highest BCUT2D eigenvalue weighted by Gasteiger charge is 2.40. The molecule has 0 aromatic heterocycles. The Balaban J connectivity index is 2.39. The molecule has 9 heteroatoms. The zero-order valence-corrected chi connectivity index (χ0v) is 23.6. The molecule has 1 aromatic carbocycles. The molecule has 1 aliphatic rings. The Hall–Kier alpha value is -1.12. The molecule has 0 saturated carbocycles. The molecule has 3 unspecified atom stereocenters. The number of piperidine rings is 1. The standard InChI is InChI=1S/C25H38Cl2N2O4S/c1-9-12-32-21-15-20(27)19(26)14-18(21)22(28-34(31)25(6,7)8)17-10-11-29(16(2)13-17)23(30)33-24(3,4)5/h9,14-17,22,28H,1,10-13H2,2-8H3/t16?,17?,22?,34-/m0/s1. The van der Waals surface area contributed by atoms with Crippen LogP contribution in [0.15, 0.2) is 24.8 Å². The number of carbonyl (C=O) groups is 1. The lowest BCUT2D eigenvalue weighted by molar-refractivity contribution is 0.00528. The second-order valence-electron chi connectivity index (χ2n) is 10.7. The lowest BCUT2D eigenvalue weighted by Crippen LogP contribution is -2.50. The van der Waals surface area contributed by atoms with Crippen molar-refractivity contribution in [1.82, 2.24) is 9.62 Å². The van der Waals surface area contributed by atoms with E-state index in [-0.39, 0.29) is 24.1 Å². The smallest absolute Gasteiger partial charge is 0.410 e. The van der Waals surface area contributed by atoms with Crippen molar-refractivity contribution in [3.05, 3.63) is 40.4 Å². The molecule has 1 amide bonds. The normalized spacial score (nSPS) is 21.1. The van der Waals surface area contributed by atoms with Crippen molar-refractivity contribution in [3.63, 3.8) is 0 Å². The number of hydrogen-bond acceptors (Lipinski definition) is 5.